The second kappa shape index (κ2) is 4.98. The summed E-state index contributed by atoms with van der Waals surface area (Å²) in [4.78, 5) is 0. The van der Waals surface area contributed by atoms with Gasteiger partial charge in [-0.3, -0.25) is 0 Å². The minimum atomic E-state index is -2.70. The molecule has 0 aliphatic heterocycles. The van der Waals surface area contributed by atoms with Crippen LogP contribution in [-0.4, -0.2) is 24.2 Å². The Morgan fingerprint density at radius 3 is 2.94 bits per heavy atom. The van der Waals surface area contributed by atoms with Crippen LogP contribution < -0.4 is 11.1 Å². The van der Waals surface area contributed by atoms with E-state index in [0.29, 0.717) is 0 Å². The highest BCUT2D eigenvalue weighted by Gasteiger charge is 2.24. The third kappa shape index (κ3) is 2.73. The number of aliphatic hydroxyl groups excluding tert-OH is 1. The molecule has 0 fully saturated rings. The fraction of sp³-hybridized carbons (Fsp3) is 0.500. The first-order valence-corrected chi connectivity index (χ1v) is 5.66. The molecule has 0 amide bonds. The maximum Gasteiger partial charge on any atom is 0.265 e. The Bertz CT molecular complexity index is 398. The third-order valence-corrected chi connectivity index (χ3v) is 3.11. The number of anilines is 1. The van der Waals surface area contributed by atoms with E-state index >= 15 is 0 Å². The van der Waals surface area contributed by atoms with Gasteiger partial charge in [0.2, 0.25) is 0 Å². The Labute approximate surface area is 98.6 Å². The van der Waals surface area contributed by atoms with E-state index in [1.807, 2.05) is 18.2 Å². The fourth-order valence-corrected chi connectivity index (χ4v) is 2.20. The SMILES string of the molecule is Nc1ccc2c(c1)CCC2NCC(O)C(F)F. The summed E-state index contributed by atoms with van der Waals surface area (Å²) in [7, 11) is 0. The van der Waals surface area contributed by atoms with E-state index in [-0.39, 0.29) is 12.6 Å². The van der Waals surface area contributed by atoms with Crippen LogP contribution in [0.15, 0.2) is 18.2 Å². The van der Waals surface area contributed by atoms with E-state index in [2.05, 4.69) is 5.32 Å². The van der Waals surface area contributed by atoms with E-state index in [9.17, 15) is 8.78 Å². The van der Waals surface area contributed by atoms with Gasteiger partial charge in [0, 0.05) is 18.3 Å². The van der Waals surface area contributed by atoms with Gasteiger partial charge in [0.25, 0.3) is 6.43 Å². The summed E-state index contributed by atoms with van der Waals surface area (Å²) in [6.07, 6.45) is -2.56. The van der Waals surface area contributed by atoms with Crippen molar-refractivity contribution in [2.24, 2.45) is 0 Å². The van der Waals surface area contributed by atoms with Gasteiger partial charge in [0.15, 0.2) is 0 Å². The standard InChI is InChI=1S/C12H16F2N2O/c13-12(14)11(17)6-16-10-4-1-7-5-8(15)2-3-9(7)10/h2-3,5,10-12,16-17H,1,4,6,15H2. The molecule has 0 saturated heterocycles. The van der Waals surface area contributed by atoms with Crippen LogP contribution in [0.4, 0.5) is 14.5 Å². The number of aliphatic hydroxyl groups is 1. The molecular formula is C12H16F2N2O. The van der Waals surface area contributed by atoms with Crippen LogP contribution >= 0.6 is 0 Å². The number of hydrogen-bond acceptors (Lipinski definition) is 3. The van der Waals surface area contributed by atoms with Gasteiger partial charge in [-0.1, -0.05) is 6.07 Å². The number of nitrogens with one attached hydrogen (secondary N) is 1. The quantitative estimate of drug-likeness (QED) is 0.701. The molecule has 17 heavy (non-hydrogen) atoms. The molecular weight excluding hydrogens is 226 g/mol. The van der Waals surface area contributed by atoms with Crippen LogP contribution in [-0.2, 0) is 6.42 Å². The van der Waals surface area contributed by atoms with Crippen molar-refractivity contribution in [2.45, 2.75) is 31.4 Å². The highest BCUT2D eigenvalue weighted by molar-refractivity contribution is 5.47. The van der Waals surface area contributed by atoms with Gasteiger partial charge >= 0.3 is 0 Å². The lowest BCUT2D eigenvalue weighted by atomic mass is 10.1. The van der Waals surface area contributed by atoms with E-state index in [1.165, 1.54) is 0 Å². The van der Waals surface area contributed by atoms with Crippen LogP contribution in [0.2, 0.25) is 0 Å². The number of alkyl halides is 2. The smallest absolute Gasteiger partial charge is 0.265 e. The zero-order chi connectivity index (χ0) is 12.4. The van der Waals surface area contributed by atoms with E-state index < -0.39 is 12.5 Å². The summed E-state index contributed by atoms with van der Waals surface area (Å²) in [5.74, 6) is 0. The number of nitrogen functional groups attached to an aromatic ring is 1. The highest BCUT2D eigenvalue weighted by Crippen LogP contribution is 2.32. The Morgan fingerprint density at radius 1 is 1.47 bits per heavy atom. The molecule has 2 unspecified atom stereocenters. The lowest BCUT2D eigenvalue weighted by Crippen LogP contribution is -2.33. The average Bonchev–Trinajstić information content (AvgIpc) is 2.67. The van der Waals surface area contributed by atoms with Gasteiger partial charge < -0.3 is 16.2 Å². The fourth-order valence-electron chi connectivity index (χ4n) is 2.20. The Kier molecular flexibility index (Phi) is 3.59. The molecule has 2 rings (SSSR count). The molecule has 4 N–H and O–H groups in total. The Balaban J connectivity index is 1.98. The molecule has 3 nitrogen and oxygen atoms in total. The van der Waals surface area contributed by atoms with Gasteiger partial charge in [-0.25, -0.2) is 8.78 Å². The number of benzene rings is 1. The van der Waals surface area contributed by atoms with Crippen LogP contribution in [0.25, 0.3) is 0 Å². The van der Waals surface area contributed by atoms with Gasteiger partial charge in [0.05, 0.1) is 0 Å². The van der Waals surface area contributed by atoms with Crippen molar-refractivity contribution in [1.82, 2.24) is 5.32 Å². The number of hydrogen-bond donors (Lipinski definition) is 3. The normalized spacial score (nSPS) is 20.6. The van der Waals surface area contributed by atoms with Crippen LogP contribution in [0.5, 0.6) is 0 Å². The number of halogens is 2. The van der Waals surface area contributed by atoms with Crippen molar-refractivity contribution in [3.05, 3.63) is 29.3 Å². The van der Waals surface area contributed by atoms with Gasteiger partial charge in [-0.05, 0) is 36.1 Å². The highest BCUT2D eigenvalue weighted by atomic mass is 19.3. The minimum Gasteiger partial charge on any atom is -0.399 e. The summed E-state index contributed by atoms with van der Waals surface area (Å²) in [5.41, 5.74) is 8.66. The van der Waals surface area contributed by atoms with Crippen molar-refractivity contribution in [3.8, 4) is 0 Å². The first-order valence-electron chi connectivity index (χ1n) is 5.66. The Morgan fingerprint density at radius 2 is 2.24 bits per heavy atom. The molecule has 0 spiro atoms. The van der Waals surface area contributed by atoms with E-state index in [0.717, 1.165) is 29.7 Å². The molecule has 1 aliphatic carbocycles. The summed E-state index contributed by atoms with van der Waals surface area (Å²) < 4.78 is 24.3. The summed E-state index contributed by atoms with van der Waals surface area (Å²) in [6.45, 7) is -0.0911. The van der Waals surface area contributed by atoms with E-state index in [1.54, 1.807) is 0 Å². The van der Waals surface area contributed by atoms with Crippen LogP contribution in [0.3, 0.4) is 0 Å². The topological polar surface area (TPSA) is 58.3 Å². The van der Waals surface area contributed by atoms with Gasteiger partial charge in [0.1, 0.15) is 6.10 Å². The van der Waals surface area contributed by atoms with Crippen molar-refractivity contribution in [2.75, 3.05) is 12.3 Å². The maximum absolute atomic E-state index is 12.1. The number of aryl methyl sites for hydroxylation is 1. The van der Waals surface area contributed by atoms with Gasteiger partial charge in [-0.15, -0.1) is 0 Å². The first-order chi connectivity index (χ1) is 8.08. The molecule has 0 saturated carbocycles. The maximum atomic E-state index is 12.1. The molecule has 0 heterocycles. The monoisotopic (exact) mass is 242 g/mol. The molecule has 1 aromatic carbocycles. The Hall–Kier alpha value is -1.20. The molecule has 2 atom stereocenters. The molecule has 0 aromatic heterocycles. The zero-order valence-corrected chi connectivity index (χ0v) is 9.37. The molecule has 1 aromatic rings. The predicted octanol–water partition coefficient (Wildman–Crippen LogP) is 1.47. The number of nitrogens with two attached hydrogens (primary N) is 1. The van der Waals surface area contributed by atoms with Crippen molar-refractivity contribution < 1.29 is 13.9 Å². The van der Waals surface area contributed by atoms with E-state index in [4.69, 9.17) is 10.8 Å². The van der Waals surface area contributed by atoms with Crippen molar-refractivity contribution >= 4 is 5.69 Å². The molecule has 0 bridgehead atoms. The lowest BCUT2D eigenvalue weighted by molar-refractivity contribution is -0.00462. The molecule has 94 valence electrons. The second-order valence-corrected chi connectivity index (χ2v) is 4.36. The first kappa shape index (κ1) is 12.3. The lowest BCUT2D eigenvalue weighted by Gasteiger charge is -2.17. The molecule has 1 aliphatic rings. The van der Waals surface area contributed by atoms with Crippen LogP contribution in [0, 0.1) is 0 Å². The minimum absolute atomic E-state index is 0.0407. The molecule has 5 heteroatoms. The summed E-state index contributed by atoms with van der Waals surface area (Å²) in [6, 6.07) is 5.69. The number of rotatable bonds is 4. The second-order valence-electron chi connectivity index (χ2n) is 4.36. The largest absolute Gasteiger partial charge is 0.399 e. The van der Waals surface area contributed by atoms with Crippen molar-refractivity contribution in [1.29, 1.82) is 0 Å². The summed E-state index contributed by atoms with van der Waals surface area (Å²) >= 11 is 0. The third-order valence-electron chi connectivity index (χ3n) is 3.11. The van der Waals surface area contributed by atoms with Crippen molar-refractivity contribution in [3.63, 3.8) is 0 Å². The summed E-state index contributed by atoms with van der Waals surface area (Å²) in [5, 5.41) is 12.0. The predicted molar refractivity (Wildman–Crippen MR) is 61.9 cm³/mol. The number of fused-ring (bicyclic) bond motifs is 1. The van der Waals surface area contributed by atoms with Gasteiger partial charge in [-0.2, -0.15) is 0 Å². The molecule has 0 radical (unpaired) electrons. The average molecular weight is 242 g/mol. The van der Waals surface area contributed by atoms with Crippen LogP contribution in [0.1, 0.15) is 23.6 Å². The zero-order valence-electron chi connectivity index (χ0n) is 9.37.